The molecule has 4 nitrogen and oxygen atoms in total. The van der Waals surface area contributed by atoms with Gasteiger partial charge in [-0.3, -0.25) is 9.59 Å². The predicted molar refractivity (Wildman–Crippen MR) is 78.6 cm³/mol. The first-order chi connectivity index (χ1) is 10.1. The lowest BCUT2D eigenvalue weighted by Gasteiger charge is -2.08. The van der Waals surface area contributed by atoms with Crippen molar-refractivity contribution >= 4 is 5.91 Å². The third-order valence-corrected chi connectivity index (χ3v) is 3.24. The van der Waals surface area contributed by atoms with Crippen molar-refractivity contribution < 1.29 is 9.18 Å². The van der Waals surface area contributed by atoms with Gasteiger partial charge in [-0.1, -0.05) is 24.3 Å². The zero-order valence-corrected chi connectivity index (χ0v) is 11.8. The highest BCUT2D eigenvalue weighted by Crippen LogP contribution is 2.06. The third-order valence-electron chi connectivity index (χ3n) is 3.24. The number of hydrogen-bond donors (Lipinski definition) is 1. The summed E-state index contributed by atoms with van der Waals surface area (Å²) in [5, 5.41) is 2.73. The molecule has 110 valence electrons. The van der Waals surface area contributed by atoms with Gasteiger partial charge < -0.3 is 9.88 Å². The molecule has 0 bridgehead atoms. The number of pyridine rings is 1. The lowest BCUT2D eigenvalue weighted by molar-refractivity contribution is -0.121. The van der Waals surface area contributed by atoms with Gasteiger partial charge in [0.1, 0.15) is 12.4 Å². The number of aromatic nitrogens is 1. The number of carbonyl (C=O) groups is 1. The smallest absolute Gasteiger partial charge is 0.251 e. The number of carbonyl (C=O) groups excluding carboxylic acids is 1. The maximum atomic E-state index is 13.0. The summed E-state index contributed by atoms with van der Waals surface area (Å²) in [6.45, 7) is 2.32. The van der Waals surface area contributed by atoms with E-state index in [0.29, 0.717) is 6.54 Å². The lowest BCUT2D eigenvalue weighted by atomic mass is 10.1. The second kappa shape index (κ2) is 6.83. The summed E-state index contributed by atoms with van der Waals surface area (Å²) in [6.07, 6.45) is 1.75. The van der Waals surface area contributed by atoms with Crippen molar-refractivity contribution in [3.05, 3.63) is 69.9 Å². The number of nitrogens with one attached hydrogen (secondary N) is 1. The Hall–Kier alpha value is -2.43. The van der Waals surface area contributed by atoms with Crippen molar-refractivity contribution in [2.45, 2.75) is 19.9 Å². The minimum absolute atomic E-state index is 0.176. The monoisotopic (exact) mass is 288 g/mol. The summed E-state index contributed by atoms with van der Waals surface area (Å²) in [5.74, 6) is -0.849. The largest absolute Gasteiger partial charge is 0.354 e. The number of benzene rings is 1. The zero-order chi connectivity index (χ0) is 15.2. The first-order valence-corrected chi connectivity index (χ1v) is 6.73. The summed E-state index contributed by atoms with van der Waals surface area (Å²) in [5.41, 5.74) is 1.94. The summed E-state index contributed by atoms with van der Waals surface area (Å²) in [6, 6.07) is 10.1. The molecule has 1 N–H and O–H groups in total. The standard InChI is InChI=1S/C16H17FN2O2/c1-12-4-2-3-5-13(12)8-9-18-15(20)11-19-10-14(17)6-7-16(19)21/h2-7,10H,8-9,11H2,1H3,(H,18,20). The van der Waals surface area contributed by atoms with Crippen LogP contribution in [0.15, 0.2) is 47.4 Å². The van der Waals surface area contributed by atoms with Gasteiger partial charge in [0.25, 0.3) is 5.56 Å². The van der Waals surface area contributed by atoms with Crippen LogP contribution in [0.3, 0.4) is 0 Å². The summed E-state index contributed by atoms with van der Waals surface area (Å²) in [7, 11) is 0. The maximum Gasteiger partial charge on any atom is 0.251 e. The molecule has 0 saturated carbocycles. The molecule has 0 aliphatic carbocycles. The Bertz CT molecular complexity index is 695. The van der Waals surface area contributed by atoms with E-state index in [0.717, 1.165) is 29.3 Å². The Kier molecular flexibility index (Phi) is 4.87. The second-order valence-corrected chi connectivity index (χ2v) is 4.84. The van der Waals surface area contributed by atoms with Gasteiger partial charge in [-0.2, -0.15) is 0 Å². The molecule has 1 amide bonds. The minimum atomic E-state index is -0.540. The Morgan fingerprint density at radius 2 is 2.00 bits per heavy atom. The minimum Gasteiger partial charge on any atom is -0.354 e. The highest BCUT2D eigenvalue weighted by atomic mass is 19.1. The summed E-state index contributed by atoms with van der Waals surface area (Å²) >= 11 is 0. The molecule has 0 fully saturated rings. The van der Waals surface area contributed by atoms with Gasteiger partial charge in [-0.05, 0) is 30.5 Å². The molecule has 5 heteroatoms. The predicted octanol–water partition coefficient (Wildman–Crippen LogP) is 1.65. The second-order valence-electron chi connectivity index (χ2n) is 4.84. The molecule has 0 aliphatic heterocycles. The number of aryl methyl sites for hydroxylation is 1. The van der Waals surface area contributed by atoms with Gasteiger partial charge in [-0.15, -0.1) is 0 Å². The van der Waals surface area contributed by atoms with Gasteiger partial charge in [0, 0.05) is 18.8 Å². The van der Waals surface area contributed by atoms with E-state index in [9.17, 15) is 14.0 Å². The van der Waals surface area contributed by atoms with Crippen molar-refractivity contribution in [2.24, 2.45) is 0 Å². The lowest BCUT2D eigenvalue weighted by Crippen LogP contribution is -2.33. The molecule has 0 spiro atoms. The summed E-state index contributed by atoms with van der Waals surface area (Å²) in [4.78, 5) is 23.2. The van der Waals surface area contributed by atoms with E-state index in [2.05, 4.69) is 5.32 Å². The van der Waals surface area contributed by atoms with Crippen LogP contribution in [0.4, 0.5) is 4.39 Å². The van der Waals surface area contributed by atoms with Gasteiger partial charge in [0.05, 0.1) is 0 Å². The van der Waals surface area contributed by atoms with Crippen LogP contribution in [-0.4, -0.2) is 17.0 Å². The van der Waals surface area contributed by atoms with E-state index in [1.54, 1.807) is 0 Å². The molecule has 2 aromatic rings. The third kappa shape index (κ3) is 4.27. The van der Waals surface area contributed by atoms with E-state index in [1.807, 2.05) is 31.2 Å². The average molecular weight is 288 g/mol. The van der Waals surface area contributed by atoms with Gasteiger partial charge >= 0.3 is 0 Å². The molecule has 0 aliphatic rings. The Labute approximate surface area is 122 Å². The van der Waals surface area contributed by atoms with Crippen LogP contribution in [0.2, 0.25) is 0 Å². The van der Waals surface area contributed by atoms with E-state index < -0.39 is 11.4 Å². The Morgan fingerprint density at radius 3 is 2.76 bits per heavy atom. The van der Waals surface area contributed by atoms with Crippen LogP contribution in [0.5, 0.6) is 0 Å². The molecule has 21 heavy (non-hydrogen) atoms. The molecule has 1 aromatic heterocycles. The van der Waals surface area contributed by atoms with Crippen molar-refractivity contribution in [3.63, 3.8) is 0 Å². The molecule has 2 rings (SSSR count). The SMILES string of the molecule is Cc1ccccc1CCNC(=O)Cn1cc(F)ccc1=O. The quantitative estimate of drug-likeness (QED) is 0.909. The zero-order valence-electron chi connectivity index (χ0n) is 11.8. The average Bonchev–Trinajstić information content (AvgIpc) is 2.45. The van der Waals surface area contributed by atoms with Crippen molar-refractivity contribution in [2.75, 3.05) is 6.54 Å². The van der Waals surface area contributed by atoms with Crippen molar-refractivity contribution in [3.8, 4) is 0 Å². The van der Waals surface area contributed by atoms with E-state index in [-0.39, 0.29) is 12.5 Å². The van der Waals surface area contributed by atoms with E-state index >= 15 is 0 Å². The maximum absolute atomic E-state index is 13.0. The number of rotatable bonds is 5. The fourth-order valence-electron chi connectivity index (χ4n) is 2.06. The molecule has 0 radical (unpaired) electrons. The van der Waals surface area contributed by atoms with Gasteiger partial charge in [-0.25, -0.2) is 4.39 Å². The molecular formula is C16H17FN2O2. The van der Waals surface area contributed by atoms with Crippen LogP contribution in [-0.2, 0) is 17.8 Å². The summed E-state index contributed by atoms with van der Waals surface area (Å²) < 4.78 is 14.1. The van der Waals surface area contributed by atoms with Gasteiger partial charge in [0.15, 0.2) is 0 Å². The molecule has 0 atom stereocenters. The molecule has 0 saturated heterocycles. The number of nitrogens with zero attached hydrogens (tertiary/aromatic N) is 1. The Morgan fingerprint density at radius 1 is 1.24 bits per heavy atom. The fourth-order valence-corrected chi connectivity index (χ4v) is 2.06. The van der Waals surface area contributed by atoms with Gasteiger partial charge in [0.2, 0.25) is 5.91 Å². The molecular weight excluding hydrogens is 271 g/mol. The van der Waals surface area contributed by atoms with Crippen LogP contribution >= 0.6 is 0 Å². The van der Waals surface area contributed by atoms with Crippen LogP contribution in [0.1, 0.15) is 11.1 Å². The number of hydrogen-bond acceptors (Lipinski definition) is 2. The van der Waals surface area contributed by atoms with Crippen molar-refractivity contribution in [1.29, 1.82) is 0 Å². The number of halogens is 1. The molecule has 1 heterocycles. The number of amides is 1. The highest BCUT2D eigenvalue weighted by molar-refractivity contribution is 5.75. The first kappa shape index (κ1) is 15.0. The van der Waals surface area contributed by atoms with Crippen molar-refractivity contribution in [1.82, 2.24) is 9.88 Å². The van der Waals surface area contributed by atoms with Crippen LogP contribution < -0.4 is 10.9 Å². The normalized spacial score (nSPS) is 10.4. The topological polar surface area (TPSA) is 51.1 Å². The molecule has 0 unspecified atom stereocenters. The Balaban J connectivity index is 1.87. The fraction of sp³-hybridized carbons (Fsp3) is 0.250. The first-order valence-electron chi connectivity index (χ1n) is 6.73. The highest BCUT2D eigenvalue weighted by Gasteiger charge is 2.05. The van der Waals surface area contributed by atoms with E-state index in [1.165, 1.54) is 11.1 Å². The molecule has 1 aromatic carbocycles. The van der Waals surface area contributed by atoms with E-state index in [4.69, 9.17) is 0 Å². The van der Waals surface area contributed by atoms with Crippen LogP contribution in [0.25, 0.3) is 0 Å². The van der Waals surface area contributed by atoms with Crippen LogP contribution in [0, 0.1) is 12.7 Å².